The van der Waals surface area contributed by atoms with Crippen molar-refractivity contribution >= 4 is 23.0 Å². The molecular formula is C20H25N7O2. The minimum atomic E-state index is -0.377. The van der Waals surface area contributed by atoms with Gasteiger partial charge in [0.15, 0.2) is 11.2 Å². The summed E-state index contributed by atoms with van der Waals surface area (Å²) in [5.74, 6) is 0.0298. The van der Waals surface area contributed by atoms with E-state index in [-0.39, 0.29) is 29.0 Å². The zero-order valence-corrected chi connectivity index (χ0v) is 16.2. The van der Waals surface area contributed by atoms with E-state index in [2.05, 4.69) is 49.4 Å². The van der Waals surface area contributed by atoms with Crippen LogP contribution in [-0.4, -0.2) is 49.5 Å². The zero-order chi connectivity index (χ0) is 20.2. The molecule has 29 heavy (non-hydrogen) atoms. The monoisotopic (exact) mass is 395 g/mol. The number of hydrogen-bond donors (Lipinski definition) is 3. The summed E-state index contributed by atoms with van der Waals surface area (Å²) < 4.78 is 1.68. The van der Waals surface area contributed by atoms with Crippen LogP contribution in [0.1, 0.15) is 24.8 Å². The van der Waals surface area contributed by atoms with E-state index in [1.54, 1.807) is 4.57 Å². The average molecular weight is 395 g/mol. The number of nitrogens with one attached hydrogen (secondary N) is 2. The molecule has 0 bridgehead atoms. The van der Waals surface area contributed by atoms with Crippen molar-refractivity contribution in [1.82, 2.24) is 29.7 Å². The van der Waals surface area contributed by atoms with E-state index in [0.29, 0.717) is 18.6 Å². The van der Waals surface area contributed by atoms with Crippen molar-refractivity contribution in [2.24, 2.45) is 0 Å². The number of anilines is 1. The number of nitrogen functional groups attached to an aromatic ring is 1. The number of hydrogen-bond acceptors (Lipinski definition) is 6. The highest BCUT2D eigenvalue weighted by molar-refractivity contribution is 5.76. The number of benzene rings is 1. The van der Waals surface area contributed by atoms with Crippen molar-refractivity contribution in [3.05, 3.63) is 52.6 Å². The highest BCUT2D eigenvalue weighted by atomic mass is 16.1. The van der Waals surface area contributed by atoms with Crippen LogP contribution in [-0.2, 0) is 17.9 Å². The summed E-state index contributed by atoms with van der Waals surface area (Å²) in [6.07, 6.45) is 3.70. The number of carbonyl (C=O) groups excluding carboxylic acids is 1. The number of carbonyl (C=O) groups is 1. The van der Waals surface area contributed by atoms with Gasteiger partial charge in [0.05, 0.1) is 6.33 Å². The molecule has 9 nitrogen and oxygen atoms in total. The summed E-state index contributed by atoms with van der Waals surface area (Å²) in [6, 6.07) is 10.6. The van der Waals surface area contributed by atoms with Crippen molar-refractivity contribution < 1.29 is 4.79 Å². The van der Waals surface area contributed by atoms with E-state index >= 15 is 0 Å². The second-order valence-corrected chi connectivity index (χ2v) is 7.41. The lowest BCUT2D eigenvalue weighted by Crippen LogP contribution is -2.44. The van der Waals surface area contributed by atoms with Crippen LogP contribution in [0.25, 0.3) is 11.2 Å². The number of imidazole rings is 1. The molecular weight excluding hydrogens is 370 g/mol. The van der Waals surface area contributed by atoms with Crippen LogP contribution in [0.2, 0.25) is 0 Å². The summed E-state index contributed by atoms with van der Waals surface area (Å²) in [7, 11) is 0. The quantitative estimate of drug-likeness (QED) is 0.569. The van der Waals surface area contributed by atoms with Gasteiger partial charge in [-0.25, -0.2) is 4.98 Å². The van der Waals surface area contributed by atoms with E-state index < -0.39 is 0 Å². The van der Waals surface area contributed by atoms with Crippen LogP contribution in [0.4, 0.5) is 5.95 Å². The number of piperidine rings is 1. The van der Waals surface area contributed by atoms with Gasteiger partial charge in [-0.2, -0.15) is 4.98 Å². The van der Waals surface area contributed by atoms with Crippen molar-refractivity contribution in [3.8, 4) is 0 Å². The van der Waals surface area contributed by atoms with Crippen LogP contribution in [0.3, 0.4) is 0 Å². The first-order valence-corrected chi connectivity index (χ1v) is 9.85. The van der Waals surface area contributed by atoms with Gasteiger partial charge in [0.25, 0.3) is 5.56 Å². The highest BCUT2D eigenvalue weighted by Gasteiger charge is 2.21. The minimum absolute atomic E-state index is 0.00817. The molecule has 0 aliphatic carbocycles. The lowest BCUT2D eigenvalue weighted by Gasteiger charge is -2.32. The Labute approximate surface area is 167 Å². The third-order valence-corrected chi connectivity index (χ3v) is 5.27. The molecule has 0 radical (unpaired) electrons. The Kier molecular flexibility index (Phi) is 5.57. The van der Waals surface area contributed by atoms with Gasteiger partial charge >= 0.3 is 0 Å². The number of aryl methyl sites for hydroxylation is 1. The molecule has 1 aliphatic rings. The van der Waals surface area contributed by atoms with Crippen molar-refractivity contribution in [1.29, 1.82) is 0 Å². The van der Waals surface area contributed by atoms with Gasteiger partial charge in [-0.3, -0.25) is 19.5 Å². The van der Waals surface area contributed by atoms with Gasteiger partial charge < -0.3 is 15.6 Å². The second kappa shape index (κ2) is 8.44. The van der Waals surface area contributed by atoms with Gasteiger partial charge in [-0.1, -0.05) is 30.3 Å². The van der Waals surface area contributed by atoms with Crippen LogP contribution in [0, 0.1) is 0 Å². The van der Waals surface area contributed by atoms with Gasteiger partial charge in [0, 0.05) is 38.6 Å². The number of aromatic amines is 1. The van der Waals surface area contributed by atoms with E-state index in [1.807, 2.05) is 6.07 Å². The summed E-state index contributed by atoms with van der Waals surface area (Å²) >= 11 is 0. The predicted octanol–water partition coefficient (Wildman–Crippen LogP) is 0.873. The Balaban J connectivity index is 1.25. The third kappa shape index (κ3) is 4.62. The fourth-order valence-electron chi connectivity index (χ4n) is 3.73. The smallest absolute Gasteiger partial charge is 0.280 e. The fourth-order valence-corrected chi connectivity index (χ4v) is 3.73. The van der Waals surface area contributed by atoms with Crippen LogP contribution < -0.4 is 16.6 Å². The number of H-pyrrole nitrogens is 1. The number of likely N-dealkylation sites (tertiary alicyclic amines) is 1. The molecule has 0 spiro atoms. The summed E-state index contributed by atoms with van der Waals surface area (Å²) in [6.45, 7) is 3.28. The molecule has 4 rings (SSSR count). The molecule has 0 saturated carbocycles. The fraction of sp³-hybridized carbons (Fsp3) is 0.400. The number of nitrogens with two attached hydrogens (primary N) is 1. The highest BCUT2D eigenvalue weighted by Crippen LogP contribution is 2.14. The second-order valence-electron chi connectivity index (χ2n) is 7.41. The largest absolute Gasteiger partial charge is 0.369 e. The van der Waals surface area contributed by atoms with Gasteiger partial charge in [0.2, 0.25) is 11.9 Å². The van der Waals surface area contributed by atoms with E-state index in [1.165, 1.54) is 11.9 Å². The molecule has 1 amide bonds. The molecule has 1 aromatic carbocycles. The predicted molar refractivity (Wildman–Crippen MR) is 110 cm³/mol. The van der Waals surface area contributed by atoms with E-state index in [0.717, 1.165) is 32.5 Å². The van der Waals surface area contributed by atoms with E-state index in [4.69, 9.17) is 5.73 Å². The maximum absolute atomic E-state index is 12.4. The average Bonchev–Trinajstić information content (AvgIpc) is 3.12. The molecule has 1 saturated heterocycles. The number of nitrogens with zero attached hydrogens (tertiary/aromatic N) is 4. The molecule has 152 valence electrons. The molecule has 0 atom stereocenters. The molecule has 1 aliphatic heterocycles. The van der Waals surface area contributed by atoms with Crippen LogP contribution in [0.15, 0.2) is 41.5 Å². The summed E-state index contributed by atoms with van der Waals surface area (Å²) in [5.41, 5.74) is 7.16. The first-order chi connectivity index (χ1) is 14.1. The topological polar surface area (TPSA) is 122 Å². The Morgan fingerprint density at radius 3 is 2.76 bits per heavy atom. The molecule has 1 fully saturated rings. The van der Waals surface area contributed by atoms with Crippen molar-refractivity contribution in [2.45, 2.75) is 38.4 Å². The lowest BCUT2D eigenvalue weighted by atomic mass is 10.0. The zero-order valence-electron chi connectivity index (χ0n) is 16.2. The third-order valence-electron chi connectivity index (χ3n) is 5.27. The van der Waals surface area contributed by atoms with Crippen LogP contribution in [0.5, 0.6) is 0 Å². The lowest BCUT2D eigenvalue weighted by molar-refractivity contribution is -0.122. The maximum atomic E-state index is 12.4. The number of aromatic nitrogens is 4. The first-order valence-electron chi connectivity index (χ1n) is 9.85. The first kappa shape index (κ1) is 19.1. The molecule has 3 heterocycles. The normalized spacial score (nSPS) is 15.6. The Bertz CT molecular complexity index is 1040. The summed E-state index contributed by atoms with van der Waals surface area (Å²) in [4.78, 5) is 37.2. The molecule has 4 N–H and O–H groups in total. The molecule has 0 unspecified atom stereocenters. The standard InChI is InChI=1S/C20H25N7O2/c21-20-24-18-17(19(29)25-20)22-13-27(18)11-8-16(28)23-15-6-9-26(10-7-15)12-14-4-2-1-3-5-14/h1-5,13,15H,6-12H2,(H,23,28)(H3,21,24,25,29). The number of amides is 1. The molecule has 2 aromatic heterocycles. The van der Waals surface area contributed by atoms with Gasteiger partial charge in [0.1, 0.15) is 0 Å². The van der Waals surface area contributed by atoms with Gasteiger partial charge in [-0.05, 0) is 18.4 Å². The van der Waals surface area contributed by atoms with Crippen molar-refractivity contribution in [2.75, 3.05) is 18.8 Å². The molecule has 9 heteroatoms. The summed E-state index contributed by atoms with van der Waals surface area (Å²) in [5, 5.41) is 3.12. The minimum Gasteiger partial charge on any atom is -0.369 e. The Morgan fingerprint density at radius 1 is 1.24 bits per heavy atom. The number of fused-ring (bicyclic) bond motifs is 1. The van der Waals surface area contributed by atoms with Crippen LogP contribution >= 0.6 is 0 Å². The SMILES string of the molecule is Nc1nc2c(ncn2CCC(=O)NC2CCN(Cc3ccccc3)CC2)c(=O)[nH]1. The molecule has 3 aromatic rings. The van der Waals surface area contributed by atoms with E-state index in [9.17, 15) is 9.59 Å². The van der Waals surface area contributed by atoms with Gasteiger partial charge in [-0.15, -0.1) is 0 Å². The maximum Gasteiger partial charge on any atom is 0.280 e. The number of rotatable bonds is 6. The Morgan fingerprint density at radius 2 is 2.00 bits per heavy atom. The van der Waals surface area contributed by atoms with Crippen molar-refractivity contribution in [3.63, 3.8) is 0 Å². The Hall–Kier alpha value is -3.20.